The highest BCUT2D eigenvalue weighted by molar-refractivity contribution is 6.60. The Labute approximate surface area is 319 Å². The quantitative estimate of drug-likeness (QED) is 0.0796. The SMILES string of the molecule is CCO[Si](CCCNC(=O)CC[C@@H]1c2nc(cc3[nH]c(cc4nc(cc5[nH]c6c2CC(=O)c6c5C)[C@H](CC)[C@H]4C)c(C(C)=O)c3C)[C@H]1C)(OCC)OCC. The van der Waals surface area contributed by atoms with Gasteiger partial charge in [0.15, 0.2) is 11.6 Å². The van der Waals surface area contributed by atoms with Crippen LogP contribution in [0.4, 0.5) is 0 Å². The summed E-state index contributed by atoms with van der Waals surface area (Å²) < 4.78 is 17.9. The van der Waals surface area contributed by atoms with Crippen LogP contribution in [-0.4, -0.2) is 72.6 Å². The van der Waals surface area contributed by atoms with E-state index in [4.69, 9.17) is 23.2 Å². The van der Waals surface area contributed by atoms with E-state index in [2.05, 4.69) is 42.1 Å². The molecule has 0 spiro atoms. The van der Waals surface area contributed by atoms with Crippen molar-refractivity contribution in [3.8, 4) is 0 Å². The van der Waals surface area contributed by atoms with Crippen molar-refractivity contribution < 1.29 is 27.7 Å². The fraction of sp³-hybridized carbons (Fsp3) is 0.548. The zero-order valence-corrected chi connectivity index (χ0v) is 34.5. The van der Waals surface area contributed by atoms with Crippen molar-refractivity contribution >= 4 is 48.3 Å². The smallest absolute Gasteiger partial charge is 0.374 e. The Balaban J connectivity index is 1.39. The van der Waals surface area contributed by atoms with E-state index in [1.807, 2.05) is 46.8 Å². The maximum Gasteiger partial charge on any atom is 0.500 e. The molecular formula is C42H57N5O6Si. The van der Waals surface area contributed by atoms with Crippen LogP contribution in [0.15, 0.2) is 18.2 Å². The number of amides is 1. The van der Waals surface area contributed by atoms with Crippen molar-refractivity contribution in [2.24, 2.45) is 0 Å². The van der Waals surface area contributed by atoms with E-state index >= 15 is 0 Å². The van der Waals surface area contributed by atoms with Crippen molar-refractivity contribution in [3.05, 3.63) is 68.8 Å². The molecule has 4 atom stereocenters. The summed E-state index contributed by atoms with van der Waals surface area (Å²) in [5.41, 5.74) is 11.0. The number of hydrogen-bond acceptors (Lipinski definition) is 8. The predicted octanol–water partition coefficient (Wildman–Crippen LogP) is 8.39. The fourth-order valence-electron chi connectivity index (χ4n) is 8.86. The molecule has 8 bridgehead atoms. The van der Waals surface area contributed by atoms with Gasteiger partial charge >= 0.3 is 8.80 Å². The largest absolute Gasteiger partial charge is 0.500 e. The molecule has 12 heteroatoms. The van der Waals surface area contributed by atoms with Gasteiger partial charge in [0, 0.05) is 114 Å². The third kappa shape index (κ3) is 7.50. The van der Waals surface area contributed by atoms with Gasteiger partial charge < -0.3 is 28.6 Å². The van der Waals surface area contributed by atoms with E-state index in [-0.39, 0.29) is 47.6 Å². The molecule has 54 heavy (non-hydrogen) atoms. The minimum Gasteiger partial charge on any atom is -0.374 e. The number of Topliss-reactive ketones (excluding diaryl/α,β-unsaturated/α-hetero) is 2. The van der Waals surface area contributed by atoms with Crippen LogP contribution >= 0.6 is 0 Å². The number of aromatic amines is 2. The average Bonchev–Trinajstić information content (AvgIpc) is 3.88. The first-order valence-corrected chi connectivity index (χ1v) is 21.8. The summed E-state index contributed by atoms with van der Waals surface area (Å²) in [6.45, 7) is 20.0. The second-order valence-corrected chi connectivity index (χ2v) is 17.7. The van der Waals surface area contributed by atoms with Gasteiger partial charge in [-0.25, -0.2) is 0 Å². The van der Waals surface area contributed by atoms with Gasteiger partial charge in [-0.1, -0.05) is 20.8 Å². The van der Waals surface area contributed by atoms with E-state index in [1.54, 1.807) is 6.92 Å². The lowest BCUT2D eigenvalue weighted by molar-refractivity contribution is -0.121. The number of H-pyrrole nitrogens is 2. The van der Waals surface area contributed by atoms with Gasteiger partial charge in [-0.15, -0.1) is 0 Å². The Kier molecular flexibility index (Phi) is 12.1. The number of nitrogens with one attached hydrogen (secondary N) is 3. The summed E-state index contributed by atoms with van der Waals surface area (Å²) in [6, 6.07) is 6.81. The van der Waals surface area contributed by atoms with Gasteiger partial charge in [0.05, 0.1) is 16.7 Å². The summed E-state index contributed by atoms with van der Waals surface area (Å²) in [6.07, 6.45) is 2.74. The fourth-order valence-corrected chi connectivity index (χ4v) is 11.5. The number of ketones is 2. The van der Waals surface area contributed by atoms with Crippen LogP contribution in [0.5, 0.6) is 0 Å². The zero-order valence-electron chi connectivity index (χ0n) is 33.5. The van der Waals surface area contributed by atoms with Crippen molar-refractivity contribution in [2.45, 2.75) is 124 Å². The van der Waals surface area contributed by atoms with Gasteiger partial charge in [0.1, 0.15) is 0 Å². The molecule has 0 saturated carbocycles. The summed E-state index contributed by atoms with van der Waals surface area (Å²) in [4.78, 5) is 57.7. The molecule has 6 rings (SSSR count). The van der Waals surface area contributed by atoms with Crippen LogP contribution in [0, 0.1) is 13.8 Å². The van der Waals surface area contributed by atoms with E-state index in [9.17, 15) is 14.4 Å². The van der Waals surface area contributed by atoms with Crippen molar-refractivity contribution in [2.75, 3.05) is 26.4 Å². The van der Waals surface area contributed by atoms with Crippen LogP contribution in [0.1, 0.15) is 158 Å². The highest BCUT2D eigenvalue weighted by Gasteiger charge is 2.40. The molecule has 0 radical (unpaired) electrons. The molecule has 2 aliphatic heterocycles. The normalized spacial score (nSPS) is 19.5. The molecule has 0 aromatic carbocycles. The molecule has 3 aromatic rings. The van der Waals surface area contributed by atoms with Crippen LogP contribution in [0.2, 0.25) is 6.04 Å². The summed E-state index contributed by atoms with van der Waals surface area (Å²) in [5.74, 6) is 0.258. The number of rotatable bonds is 15. The monoisotopic (exact) mass is 755 g/mol. The standard InChI is InChI=1S/C42H57N5O6Si/c1-10-28-23(5)31-22-36-39(27(9)48)25(7)33(45-36)20-32-24(6)29(15-16-38(50)43-17-14-18-54(51-11-2,52-12-3)53-13-4)41(46-32)30-19-37(49)40-26(8)34(47-42(30)40)21-35(28)44-31/h20-24,28-29,45,47H,10-19H2,1-9H3,(H,43,50)/t23-,24+,28-,29+/m1/s1. The highest BCUT2D eigenvalue weighted by atomic mass is 28.4. The van der Waals surface area contributed by atoms with Gasteiger partial charge in [-0.3, -0.25) is 24.4 Å². The Morgan fingerprint density at radius 1 is 0.852 bits per heavy atom. The lowest BCUT2D eigenvalue weighted by Crippen LogP contribution is -2.46. The minimum absolute atomic E-state index is 0.0114. The molecule has 3 N–H and O–H groups in total. The van der Waals surface area contributed by atoms with Crippen LogP contribution in [0.25, 0.3) is 22.1 Å². The molecule has 1 aliphatic carbocycles. The molecule has 1 amide bonds. The van der Waals surface area contributed by atoms with Crippen molar-refractivity contribution in [3.63, 3.8) is 0 Å². The molecular weight excluding hydrogens is 699 g/mol. The topological polar surface area (TPSA) is 148 Å². The van der Waals surface area contributed by atoms with E-state index < -0.39 is 8.80 Å². The van der Waals surface area contributed by atoms with E-state index in [1.165, 1.54) is 0 Å². The van der Waals surface area contributed by atoms with Crippen LogP contribution < -0.4 is 5.32 Å². The summed E-state index contributed by atoms with van der Waals surface area (Å²) in [7, 11) is -2.79. The predicted molar refractivity (Wildman–Crippen MR) is 213 cm³/mol. The van der Waals surface area contributed by atoms with Gasteiger partial charge in [-0.05, 0) is 90.1 Å². The van der Waals surface area contributed by atoms with Crippen LogP contribution in [-0.2, 0) is 24.5 Å². The second kappa shape index (κ2) is 16.4. The van der Waals surface area contributed by atoms with Crippen molar-refractivity contribution in [1.29, 1.82) is 0 Å². The average molecular weight is 756 g/mol. The molecule has 3 aliphatic rings. The first kappa shape index (κ1) is 39.7. The Morgan fingerprint density at radius 3 is 2.11 bits per heavy atom. The number of aryl methyl sites for hydroxylation is 2. The lowest BCUT2D eigenvalue weighted by Gasteiger charge is -2.28. The first-order chi connectivity index (χ1) is 25.9. The van der Waals surface area contributed by atoms with Gasteiger partial charge in [-0.2, -0.15) is 0 Å². The number of carbonyl (C=O) groups excluding carboxylic acids is 3. The number of hydrogen-bond donors (Lipinski definition) is 3. The Bertz CT molecular complexity index is 2090. The number of nitrogens with zero attached hydrogens (tertiary/aromatic N) is 2. The lowest BCUT2D eigenvalue weighted by atomic mass is 9.85. The Hall–Kier alpha value is -3.97. The van der Waals surface area contributed by atoms with Gasteiger partial charge in [0.25, 0.3) is 0 Å². The first-order valence-electron chi connectivity index (χ1n) is 19.9. The van der Waals surface area contributed by atoms with Crippen molar-refractivity contribution in [1.82, 2.24) is 25.3 Å². The maximum atomic E-state index is 13.7. The summed E-state index contributed by atoms with van der Waals surface area (Å²) >= 11 is 0. The molecule has 0 unspecified atom stereocenters. The molecule has 290 valence electrons. The van der Waals surface area contributed by atoms with E-state index in [0.717, 1.165) is 73.5 Å². The highest BCUT2D eigenvalue weighted by Crippen LogP contribution is 2.45. The third-order valence-corrected chi connectivity index (χ3v) is 14.8. The number of carbonyl (C=O) groups is 3. The minimum atomic E-state index is -2.79. The number of aromatic nitrogens is 4. The van der Waals surface area contributed by atoms with E-state index in [0.29, 0.717) is 57.2 Å². The molecule has 0 saturated heterocycles. The van der Waals surface area contributed by atoms with Gasteiger partial charge in [0.2, 0.25) is 5.91 Å². The molecule has 0 fully saturated rings. The third-order valence-electron chi connectivity index (χ3n) is 11.6. The Morgan fingerprint density at radius 2 is 1.46 bits per heavy atom. The molecule has 3 aromatic heterocycles. The number of fused-ring (bicyclic) bond motifs is 8. The maximum absolute atomic E-state index is 13.7. The zero-order chi connectivity index (χ0) is 38.9. The van der Waals surface area contributed by atoms with Crippen LogP contribution in [0.3, 0.4) is 0 Å². The second-order valence-electron chi connectivity index (χ2n) is 15.0. The molecule has 5 heterocycles. The summed E-state index contributed by atoms with van der Waals surface area (Å²) in [5, 5.41) is 3.10. The molecule has 11 nitrogen and oxygen atoms in total.